The van der Waals surface area contributed by atoms with Crippen molar-refractivity contribution in [1.29, 1.82) is 5.26 Å². The lowest BCUT2D eigenvalue weighted by Crippen LogP contribution is -2.35. The number of anilines is 1. The molecule has 18 heavy (non-hydrogen) atoms. The van der Waals surface area contributed by atoms with Crippen LogP contribution in [0.5, 0.6) is 0 Å². The Morgan fingerprint density at radius 3 is 2.72 bits per heavy atom. The summed E-state index contributed by atoms with van der Waals surface area (Å²) in [6.45, 7) is -0.407. The monoisotopic (exact) mass is 267 g/mol. The number of nitriles is 1. The first-order valence-electron chi connectivity index (χ1n) is 4.87. The molecule has 2 amide bonds. The number of benzene rings is 1. The third-order valence-electron chi connectivity index (χ3n) is 2.06. The van der Waals surface area contributed by atoms with E-state index in [1.54, 1.807) is 0 Å². The molecule has 1 rings (SSSR count). The number of nitrogens with one attached hydrogen (secondary N) is 1. The van der Waals surface area contributed by atoms with Crippen molar-refractivity contribution in [3.63, 3.8) is 0 Å². The highest BCUT2D eigenvalue weighted by Gasteiger charge is 2.12. The molecule has 1 aromatic carbocycles. The van der Waals surface area contributed by atoms with Gasteiger partial charge in [-0.15, -0.1) is 0 Å². The normalized spacial score (nSPS) is 9.39. The molecular weight excluding hydrogens is 258 g/mol. The van der Waals surface area contributed by atoms with E-state index in [1.165, 1.54) is 25.2 Å². The SMILES string of the molecule is CN(CC(=O)O)C(=O)Nc1ccc(C#N)c(Cl)c1. The second-order valence-electron chi connectivity index (χ2n) is 3.49. The lowest BCUT2D eigenvalue weighted by atomic mass is 10.2. The summed E-state index contributed by atoms with van der Waals surface area (Å²) in [6, 6.07) is 5.72. The first-order chi connectivity index (χ1) is 8.43. The van der Waals surface area contributed by atoms with Crippen LogP contribution in [0.1, 0.15) is 5.56 Å². The summed E-state index contributed by atoms with van der Waals surface area (Å²) in [4.78, 5) is 23.0. The van der Waals surface area contributed by atoms with Crippen molar-refractivity contribution in [3.05, 3.63) is 28.8 Å². The maximum Gasteiger partial charge on any atom is 0.323 e. The Labute approximate surface area is 108 Å². The number of carbonyl (C=O) groups is 2. The Balaban J connectivity index is 2.74. The van der Waals surface area contributed by atoms with Gasteiger partial charge in [0.05, 0.1) is 10.6 Å². The zero-order chi connectivity index (χ0) is 13.7. The van der Waals surface area contributed by atoms with E-state index >= 15 is 0 Å². The third kappa shape index (κ3) is 3.64. The standard InChI is InChI=1S/C11H10ClN3O3/c1-15(6-10(16)17)11(18)14-8-3-2-7(5-13)9(12)4-8/h2-4H,6H2,1H3,(H,14,18)(H,16,17). The van der Waals surface area contributed by atoms with Crippen molar-refractivity contribution in [2.45, 2.75) is 0 Å². The Morgan fingerprint density at radius 2 is 2.22 bits per heavy atom. The number of aliphatic carboxylic acids is 1. The van der Waals surface area contributed by atoms with Crippen LogP contribution in [0.25, 0.3) is 0 Å². The zero-order valence-electron chi connectivity index (χ0n) is 9.48. The molecule has 0 atom stereocenters. The molecule has 0 aliphatic carbocycles. The van der Waals surface area contributed by atoms with E-state index in [9.17, 15) is 9.59 Å². The van der Waals surface area contributed by atoms with E-state index < -0.39 is 18.5 Å². The molecule has 0 spiro atoms. The number of nitrogens with zero attached hydrogens (tertiary/aromatic N) is 2. The summed E-state index contributed by atoms with van der Waals surface area (Å²) < 4.78 is 0. The highest BCUT2D eigenvalue weighted by molar-refractivity contribution is 6.32. The van der Waals surface area contributed by atoms with Gasteiger partial charge >= 0.3 is 12.0 Å². The predicted molar refractivity (Wildman–Crippen MR) is 65.5 cm³/mol. The first kappa shape index (κ1) is 13.8. The molecule has 0 radical (unpaired) electrons. The maximum atomic E-state index is 11.6. The zero-order valence-corrected chi connectivity index (χ0v) is 10.2. The number of carboxylic acids is 1. The average Bonchev–Trinajstić information content (AvgIpc) is 2.28. The van der Waals surface area contributed by atoms with Crippen LogP contribution in [-0.2, 0) is 4.79 Å². The van der Waals surface area contributed by atoms with Gasteiger partial charge in [-0.2, -0.15) is 5.26 Å². The minimum Gasteiger partial charge on any atom is -0.480 e. The number of urea groups is 1. The number of amides is 2. The average molecular weight is 268 g/mol. The predicted octanol–water partition coefficient (Wildman–Crippen LogP) is 1.76. The summed E-state index contributed by atoms with van der Waals surface area (Å²) in [5.41, 5.74) is 0.690. The van der Waals surface area contributed by atoms with Gasteiger partial charge < -0.3 is 15.3 Å². The van der Waals surface area contributed by atoms with E-state index in [1.807, 2.05) is 6.07 Å². The van der Waals surface area contributed by atoms with Gasteiger partial charge in [0, 0.05) is 12.7 Å². The van der Waals surface area contributed by atoms with Crippen molar-refractivity contribution in [2.24, 2.45) is 0 Å². The molecule has 0 aliphatic heterocycles. The fourth-order valence-corrected chi connectivity index (χ4v) is 1.40. The molecule has 0 fully saturated rings. The number of hydrogen-bond acceptors (Lipinski definition) is 3. The lowest BCUT2D eigenvalue weighted by Gasteiger charge is -2.15. The van der Waals surface area contributed by atoms with Crippen LogP contribution in [0.15, 0.2) is 18.2 Å². The van der Waals surface area contributed by atoms with Gasteiger partial charge in [0.2, 0.25) is 0 Å². The topological polar surface area (TPSA) is 93.4 Å². The fourth-order valence-electron chi connectivity index (χ4n) is 1.18. The summed E-state index contributed by atoms with van der Waals surface area (Å²) in [5.74, 6) is -1.11. The van der Waals surface area contributed by atoms with Gasteiger partial charge in [0.15, 0.2) is 0 Å². The minimum atomic E-state index is -1.11. The smallest absolute Gasteiger partial charge is 0.323 e. The van der Waals surface area contributed by atoms with Crippen LogP contribution in [0.2, 0.25) is 5.02 Å². The number of halogens is 1. The summed E-state index contributed by atoms with van der Waals surface area (Å²) in [6.07, 6.45) is 0. The Kier molecular flexibility index (Phi) is 4.52. The molecule has 0 heterocycles. The molecule has 94 valence electrons. The Hall–Kier alpha value is -2.26. The molecule has 0 aromatic heterocycles. The van der Waals surface area contributed by atoms with Gasteiger partial charge in [0.1, 0.15) is 12.6 Å². The van der Waals surface area contributed by atoms with Gasteiger partial charge in [-0.05, 0) is 18.2 Å². The van der Waals surface area contributed by atoms with Crippen LogP contribution in [0.4, 0.5) is 10.5 Å². The van der Waals surface area contributed by atoms with Gasteiger partial charge in [0.25, 0.3) is 0 Å². The summed E-state index contributed by atoms with van der Waals surface area (Å²) >= 11 is 5.80. The number of likely N-dealkylation sites (N-methyl/N-ethyl adjacent to an activating group) is 1. The van der Waals surface area contributed by atoms with E-state index in [0.717, 1.165) is 4.90 Å². The maximum absolute atomic E-state index is 11.6. The van der Waals surface area contributed by atoms with Crippen LogP contribution >= 0.6 is 11.6 Å². The number of carbonyl (C=O) groups excluding carboxylic acids is 1. The minimum absolute atomic E-state index is 0.219. The van der Waals surface area contributed by atoms with E-state index in [4.69, 9.17) is 22.0 Å². The van der Waals surface area contributed by atoms with Gasteiger partial charge in [-0.1, -0.05) is 11.6 Å². The molecule has 6 nitrogen and oxygen atoms in total. The first-order valence-corrected chi connectivity index (χ1v) is 5.25. The quantitative estimate of drug-likeness (QED) is 0.872. The van der Waals surface area contributed by atoms with E-state index in [0.29, 0.717) is 11.3 Å². The second-order valence-corrected chi connectivity index (χ2v) is 3.89. The highest BCUT2D eigenvalue weighted by Crippen LogP contribution is 2.20. The van der Waals surface area contributed by atoms with Gasteiger partial charge in [-0.3, -0.25) is 4.79 Å². The number of hydrogen-bond donors (Lipinski definition) is 2. The largest absolute Gasteiger partial charge is 0.480 e. The summed E-state index contributed by atoms with van der Waals surface area (Å²) in [5, 5.41) is 19.9. The van der Waals surface area contributed by atoms with E-state index in [-0.39, 0.29) is 5.02 Å². The van der Waals surface area contributed by atoms with E-state index in [2.05, 4.69) is 5.32 Å². The van der Waals surface area contributed by atoms with Crippen LogP contribution in [0, 0.1) is 11.3 Å². The van der Waals surface area contributed by atoms with Gasteiger partial charge in [-0.25, -0.2) is 4.79 Å². The molecule has 7 heteroatoms. The molecule has 0 saturated heterocycles. The third-order valence-corrected chi connectivity index (χ3v) is 2.37. The molecule has 0 bridgehead atoms. The van der Waals surface area contributed by atoms with Crippen LogP contribution in [0.3, 0.4) is 0 Å². The molecule has 0 saturated carbocycles. The molecule has 1 aromatic rings. The Morgan fingerprint density at radius 1 is 1.56 bits per heavy atom. The molecule has 0 unspecified atom stereocenters. The summed E-state index contributed by atoms with van der Waals surface area (Å²) in [7, 11) is 1.36. The van der Waals surface area contributed by atoms with Crippen molar-refractivity contribution in [2.75, 3.05) is 18.9 Å². The fraction of sp³-hybridized carbons (Fsp3) is 0.182. The second kappa shape index (κ2) is 5.89. The highest BCUT2D eigenvalue weighted by atomic mass is 35.5. The molecule has 2 N–H and O–H groups in total. The van der Waals surface area contributed by atoms with Crippen molar-refractivity contribution >= 4 is 29.3 Å². The van der Waals surface area contributed by atoms with Crippen LogP contribution in [-0.4, -0.2) is 35.6 Å². The number of carboxylic acid groups (broad SMARTS) is 1. The lowest BCUT2D eigenvalue weighted by molar-refractivity contribution is -0.137. The molecule has 0 aliphatic rings. The van der Waals surface area contributed by atoms with Crippen molar-refractivity contribution in [1.82, 2.24) is 4.90 Å². The molecular formula is C11H10ClN3O3. The van der Waals surface area contributed by atoms with Crippen molar-refractivity contribution < 1.29 is 14.7 Å². The Bertz CT molecular complexity index is 525. The van der Waals surface area contributed by atoms with Crippen LogP contribution < -0.4 is 5.32 Å². The van der Waals surface area contributed by atoms with Crippen molar-refractivity contribution in [3.8, 4) is 6.07 Å². The number of rotatable bonds is 3.